The number of aromatic nitrogens is 4. The largest absolute Gasteiger partial charge is 0.329 e. The fourth-order valence-electron chi connectivity index (χ4n) is 1.36. The molecule has 0 atom stereocenters. The normalized spacial score (nSPS) is 10.8. The molecule has 0 fully saturated rings. The highest BCUT2D eigenvalue weighted by atomic mass is 35.5. The van der Waals surface area contributed by atoms with Gasteiger partial charge in [0.25, 0.3) is 0 Å². The van der Waals surface area contributed by atoms with E-state index in [9.17, 15) is 0 Å². The van der Waals surface area contributed by atoms with E-state index in [4.69, 9.17) is 28.9 Å². The molecule has 0 aliphatic heterocycles. The average molecular weight is 304 g/mol. The van der Waals surface area contributed by atoms with Crippen molar-refractivity contribution >= 4 is 35.0 Å². The van der Waals surface area contributed by atoms with Crippen molar-refractivity contribution in [3.8, 4) is 0 Å². The number of rotatable bonds is 5. The van der Waals surface area contributed by atoms with Crippen molar-refractivity contribution in [1.29, 1.82) is 0 Å². The summed E-state index contributed by atoms with van der Waals surface area (Å²) < 4.78 is 1.67. The SMILES string of the molecule is NCCn1nnnc1SCc1cc(Cl)ccc1Cl. The van der Waals surface area contributed by atoms with Gasteiger partial charge in [0, 0.05) is 22.3 Å². The van der Waals surface area contributed by atoms with Gasteiger partial charge >= 0.3 is 0 Å². The number of benzene rings is 1. The van der Waals surface area contributed by atoms with Crippen molar-refractivity contribution < 1.29 is 0 Å². The molecular formula is C10H11Cl2N5S. The smallest absolute Gasteiger partial charge is 0.209 e. The predicted octanol–water partition coefficient (Wildman–Crippen LogP) is 2.23. The number of hydrogen-bond donors (Lipinski definition) is 1. The molecule has 0 bridgehead atoms. The van der Waals surface area contributed by atoms with E-state index in [0.29, 0.717) is 28.9 Å². The van der Waals surface area contributed by atoms with Crippen LogP contribution in [0.1, 0.15) is 5.56 Å². The van der Waals surface area contributed by atoms with Crippen LogP contribution < -0.4 is 5.73 Å². The van der Waals surface area contributed by atoms with Crippen LogP contribution in [-0.2, 0) is 12.3 Å². The number of nitrogens with zero attached hydrogens (tertiary/aromatic N) is 4. The molecule has 0 amide bonds. The summed E-state index contributed by atoms with van der Waals surface area (Å²) in [7, 11) is 0. The summed E-state index contributed by atoms with van der Waals surface area (Å²) in [5.41, 5.74) is 6.43. The molecule has 0 saturated carbocycles. The fourth-order valence-corrected chi connectivity index (χ4v) is 2.71. The molecule has 18 heavy (non-hydrogen) atoms. The minimum atomic E-state index is 0.497. The summed E-state index contributed by atoms with van der Waals surface area (Å²) in [6.07, 6.45) is 0. The Morgan fingerprint density at radius 1 is 1.33 bits per heavy atom. The monoisotopic (exact) mass is 303 g/mol. The summed E-state index contributed by atoms with van der Waals surface area (Å²) in [5.74, 6) is 0.657. The van der Waals surface area contributed by atoms with E-state index < -0.39 is 0 Å². The molecule has 2 aromatic rings. The van der Waals surface area contributed by atoms with E-state index in [-0.39, 0.29) is 0 Å². The highest BCUT2D eigenvalue weighted by Gasteiger charge is 2.08. The standard InChI is InChI=1S/C10H11Cl2N5S/c11-8-1-2-9(12)7(5-8)6-18-10-14-15-16-17(10)4-3-13/h1-2,5H,3-4,6,13H2. The van der Waals surface area contributed by atoms with Gasteiger partial charge < -0.3 is 5.73 Å². The lowest BCUT2D eigenvalue weighted by molar-refractivity contribution is 0.557. The first-order valence-electron chi connectivity index (χ1n) is 5.23. The molecule has 0 aliphatic rings. The Kier molecular flexibility index (Phi) is 4.82. The Hall–Kier alpha value is -0.820. The van der Waals surface area contributed by atoms with Gasteiger partial charge in [-0.25, -0.2) is 4.68 Å². The Morgan fingerprint density at radius 3 is 2.94 bits per heavy atom. The van der Waals surface area contributed by atoms with Gasteiger partial charge in [-0.3, -0.25) is 0 Å². The number of tetrazole rings is 1. The predicted molar refractivity (Wildman–Crippen MR) is 72.9 cm³/mol. The van der Waals surface area contributed by atoms with Crippen LogP contribution in [0.5, 0.6) is 0 Å². The molecule has 0 radical (unpaired) electrons. The molecule has 0 aliphatic carbocycles. The van der Waals surface area contributed by atoms with Gasteiger partial charge in [0.2, 0.25) is 5.16 Å². The molecule has 0 saturated heterocycles. The van der Waals surface area contributed by atoms with E-state index in [1.807, 2.05) is 6.07 Å². The maximum Gasteiger partial charge on any atom is 0.209 e. The van der Waals surface area contributed by atoms with Crippen LogP contribution in [0.15, 0.2) is 23.4 Å². The zero-order valence-electron chi connectivity index (χ0n) is 9.38. The van der Waals surface area contributed by atoms with Crippen molar-refractivity contribution in [3.05, 3.63) is 33.8 Å². The van der Waals surface area contributed by atoms with Gasteiger partial charge in [0.15, 0.2) is 0 Å². The zero-order valence-corrected chi connectivity index (χ0v) is 11.7. The Balaban J connectivity index is 2.06. The molecule has 0 unspecified atom stereocenters. The first kappa shape index (κ1) is 13.6. The molecular weight excluding hydrogens is 293 g/mol. The summed E-state index contributed by atoms with van der Waals surface area (Å²) in [6, 6.07) is 5.38. The lowest BCUT2D eigenvalue weighted by atomic mass is 10.2. The van der Waals surface area contributed by atoms with Crippen molar-refractivity contribution in [3.63, 3.8) is 0 Å². The maximum atomic E-state index is 6.09. The van der Waals surface area contributed by atoms with Gasteiger partial charge in [-0.05, 0) is 34.2 Å². The van der Waals surface area contributed by atoms with E-state index >= 15 is 0 Å². The van der Waals surface area contributed by atoms with Crippen LogP contribution in [-0.4, -0.2) is 26.8 Å². The van der Waals surface area contributed by atoms with E-state index in [1.165, 1.54) is 11.8 Å². The quantitative estimate of drug-likeness (QED) is 0.858. The molecule has 0 spiro atoms. The minimum Gasteiger partial charge on any atom is -0.329 e. The van der Waals surface area contributed by atoms with Gasteiger partial charge in [-0.1, -0.05) is 35.0 Å². The second-order valence-electron chi connectivity index (χ2n) is 3.50. The van der Waals surface area contributed by atoms with Crippen LogP contribution >= 0.6 is 35.0 Å². The van der Waals surface area contributed by atoms with Gasteiger partial charge in [0.1, 0.15) is 0 Å². The van der Waals surface area contributed by atoms with E-state index in [0.717, 1.165) is 10.7 Å². The highest BCUT2D eigenvalue weighted by Crippen LogP contribution is 2.27. The highest BCUT2D eigenvalue weighted by molar-refractivity contribution is 7.98. The van der Waals surface area contributed by atoms with Crippen LogP contribution in [0.25, 0.3) is 0 Å². The Morgan fingerprint density at radius 2 is 2.17 bits per heavy atom. The fraction of sp³-hybridized carbons (Fsp3) is 0.300. The molecule has 1 heterocycles. The van der Waals surface area contributed by atoms with Crippen molar-refractivity contribution in [2.45, 2.75) is 17.5 Å². The van der Waals surface area contributed by atoms with Crippen molar-refractivity contribution in [2.24, 2.45) is 5.73 Å². The third-order valence-electron chi connectivity index (χ3n) is 2.20. The topological polar surface area (TPSA) is 69.6 Å². The van der Waals surface area contributed by atoms with Gasteiger partial charge in [-0.2, -0.15) is 0 Å². The zero-order chi connectivity index (χ0) is 13.0. The lowest BCUT2D eigenvalue weighted by Crippen LogP contribution is -2.12. The number of halogens is 2. The number of nitrogens with two attached hydrogens (primary N) is 1. The van der Waals surface area contributed by atoms with Crippen LogP contribution in [0.2, 0.25) is 10.0 Å². The summed E-state index contributed by atoms with van der Waals surface area (Å²) in [6.45, 7) is 1.09. The molecule has 2 rings (SSSR count). The molecule has 2 N–H and O–H groups in total. The van der Waals surface area contributed by atoms with Crippen LogP contribution in [0, 0.1) is 0 Å². The molecule has 96 valence electrons. The van der Waals surface area contributed by atoms with Crippen LogP contribution in [0.4, 0.5) is 0 Å². The second-order valence-corrected chi connectivity index (χ2v) is 5.28. The minimum absolute atomic E-state index is 0.497. The van der Waals surface area contributed by atoms with Gasteiger partial charge in [0.05, 0.1) is 6.54 Å². The summed E-state index contributed by atoms with van der Waals surface area (Å²) in [5, 5.41) is 13.5. The third kappa shape index (κ3) is 3.35. The molecule has 1 aromatic carbocycles. The van der Waals surface area contributed by atoms with Crippen LogP contribution in [0.3, 0.4) is 0 Å². The number of hydrogen-bond acceptors (Lipinski definition) is 5. The first-order valence-corrected chi connectivity index (χ1v) is 6.98. The summed E-state index contributed by atoms with van der Waals surface area (Å²) in [4.78, 5) is 0. The van der Waals surface area contributed by atoms with Gasteiger partial charge in [-0.15, -0.1) is 5.10 Å². The molecule has 8 heteroatoms. The third-order valence-corrected chi connectivity index (χ3v) is 3.81. The summed E-state index contributed by atoms with van der Waals surface area (Å²) >= 11 is 13.5. The van der Waals surface area contributed by atoms with E-state index in [2.05, 4.69) is 15.5 Å². The van der Waals surface area contributed by atoms with Crippen molar-refractivity contribution in [1.82, 2.24) is 20.2 Å². The molecule has 1 aromatic heterocycles. The average Bonchev–Trinajstić information content (AvgIpc) is 2.78. The van der Waals surface area contributed by atoms with E-state index in [1.54, 1.807) is 16.8 Å². The molecule has 5 nitrogen and oxygen atoms in total. The first-order chi connectivity index (χ1) is 8.70. The lowest BCUT2D eigenvalue weighted by Gasteiger charge is -2.05. The maximum absolute atomic E-state index is 6.09. The Labute approximate surface area is 119 Å². The second kappa shape index (κ2) is 6.38. The number of thioether (sulfide) groups is 1. The van der Waals surface area contributed by atoms with Crippen molar-refractivity contribution in [2.75, 3.05) is 6.54 Å². The Bertz CT molecular complexity index is 531.